The summed E-state index contributed by atoms with van der Waals surface area (Å²) in [7, 11) is 3.09. The summed E-state index contributed by atoms with van der Waals surface area (Å²) in [5, 5.41) is 1.66. The fraction of sp³-hybridized carbons (Fsp3) is 0.214. The summed E-state index contributed by atoms with van der Waals surface area (Å²) in [5.74, 6) is 1.11. The third-order valence-corrected chi connectivity index (χ3v) is 2.66. The van der Waals surface area contributed by atoms with Gasteiger partial charge in [-0.05, 0) is 11.5 Å². The van der Waals surface area contributed by atoms with Gasteiger partial charge in [0.15, 0.2) is 24.6 Å². The van der Waals surface area contributed by atoms with Crippen molar-refractivity contribution in [2.45, 2.75) is 0 Å². The van der Waals surface area contributed by atoms with Crippen molar-refractivity contribution in [3.63, 3.8) is 0 Å². The Hall–Kier alpha value is -2.07. The number of ether oxygens (including phenoxy) is 3. The van der Waals surface area contributed by atoms with Crippen LogP contribution in [0.5, 0.6) is 11.5 Å². The third-order valence-electron chi connectivity index (χ3n) is 2.66. The van der Waals surface area contributed by atoms with E-state index in [4.69, 9.17) is 14.2 Å². The maximum atomic E-state index is 11.1. The summed E-state index contributed by atoms with van der Waals surface area (Å²) in [6.45, 7) is 0.126. The van der Waals surface area contributed by atoms with Gasteiger partial charge in [-0.25, -0.2) is 0 Å². The monoisotopic (exact) mass is 246 g/mol. The van der Waals surface area contributed by atoms with Gasteiger partial charge < -0.3 is 14.2 Å². The van der Waals surface area contributed by atoms with Gasteiger partial charge in [0.2, 0.25) is 0 Å². The molecule has 0 aliphatic carbocycles. The molecule has 0 heterocycles. The second-order valence-corrected chi connectivity index (χ2v) is 3.71. The smallest absolute Gasteiger partial charge is 0.188 e. The van der Waals surface area contributed by atoms with Gasteiger partial charge in [0.1, 0.15) is 0 Å². The molecule has 0 aliphatic rings. The number of carbonyl (C=O) groups is 1. The summed E-state index contributed by atoms with van der Waals surface area (Å²) in [6, 6.07) is 9.19. The van der Waals surface area contributed by atoms with E-state index in [1.807, 2.05) is 24.3 Å². The Balaban J connectivity index is 2.68. The first-order valence-electron chi connectivity index (χ1n) is 5.48. The predicted molar refractivity (Wildman–Crippen MR) is 68.4 cm³/mol. The molecule has 2 rings (SSSR count). The van der Waals surface area contributed by atoms with E-state index < -0.39 is 0 Å². The van der Waals surface area contributed by atoms with Crippen molar-refractivity contribution in [2.75, 3.05) is 21.0 Å². The van der Waals surface area contributed by atoms with Crippen molar-refractivity contribution in [3.05, 3.63) is 35.9 Å². The lowest BCUT2D eigenvalue weighted by molar-refractivity contribution is 0.0503. The van der Waals surface area contributed by atoms with Crippen molar-refractivity contribution in [2.24, 2.45) is 0 Å². The fourth-order valence-corrected chi connectivity index (χ4v) is 1.87. The number of methoxy groups -OCH3 is 2. The molecule has 0 fully saturated rings. The lowest BCUT2D eigenvalue weighted by Crippen LogP contribution is -2.02. The highest BCUT2D eigenvalue weighted by Crippen LogP contribution is 2.37. The minimum atomic E-state index is 0.126. The number of carbonyl (C=O) groups excluding carboxylic acids is 1. The molecule has 0 aliphatic heterocycles. The van der Waals surface area contributed by atoms with Gasteiger partial charge in [-0.3, -0.25) is 4.79 Å². The molecule has 4 nitrogen and oxygen atoms in total. The van der Waals surface area contributed by atoms with Gasteiger partial charge in [-0.15, -0.1) is 0 Å². The predicted octanol–water partition coefficient (Wildman–Crippen LogP) is 2.64. The maximum Gasteiger partial charge on any atom is 0.188 e. The minimum Gasteiger partial charge on any atom is -0.493 e. The normalized spacial score (nSPS) is 10.3. The molecule has 94 valence electrons. The zero-order valence-corrected chi connectivity index (χ0v) is 10.3. The van der Waals surface area contributed by atoms with Gasteiger partial charge in [0.05, 0.1) is 7.11 Å². The topological polar surface area (TPSA) is 44.8 Å². The van der Waals surface area contributed by atoms with E-state index >= 15 is 0 Å². The second kappa shape index (κ2) is 5.51. The van der Waals surface area contributed by atoms with Gasteiger partial charge in [-0.2, -0.15) is 0 Å². The molecule has 0 saturated carbocycles. The number of fused-ring (bicyclic) bond motifs is 1. The molecule has 0 spiro atoms. The van der Waals surface area contributed by atoms with Crippen LogP contribution in [0.25, 0.3) is 10.8 Å². The van der Waals surface area contributed by atoms with Gasteiger partial charge in [0.25, 0.3) is 0 Å². The molecule has 2 aromatic carbocycles. The number of hydrogen-bond donors (Lipinski definition) is 0. The minimum absolute atomic E-state index is 0.126. The Morgan fingerprint density at radius 1 is 1.17 bits per heavy atom. The summed E-state index contributed by atoms with van der Waals surface area (Å²) in [4.78, 5) is 11.1. The largest absolute Gasteiger partial charge is 0.493 e. The molecule has 0 atom stereocenters. The van der Waals surface area contributed by atoms with Crippen LogP contribution in [0.4, 0.5) is 0 Å². The Bertz CT molecular complexity index is 563. The molecule has 0 N–H and O–H groups in total. The lowest BCUT2D eigenvalue weighted by atomic mass is 10.0. The van der Waals surface area contributed by atoms with E-state index in [0.29, 0.717) is 17.1 Å². The SMILES string of the molecule is COCOc1c(OC)cc(C=O)c2ccccc12. The Morgan fingerprint density at radius 2 is 1.89 bits per heavy atom. The molecule has 0 radical (unpaired) electrons. The van der Waals surface area contributed by atoms with E-state index in [9.17, 15) is 4.79 Å². The van der Waals surface area contributed by atoms with Crippen molar-refractivity contribution >= 4 is 17.1 Å². The van der Waals surface area contributed by atoms with Crippen LogP contribution >= 0.6 is 0 Å². The average molecular weight is 246 g/mol. The zero-order valence-electron chi connectivity index (χ0n) is 10.3. The van der Waals surface area contributed by atoms with Crippen molar-refractivity contribution in [3.8, 4) is 11.5 Å². The number of benzene rings is 2. The first kappa shape index (κ1) is 12.4. The molecule has 4 heteroatoms. The van der Waals surface area contributed by atoms with Crippen LogP contribution in [0.2, 0.25) is 0 Å². The highest BCUT2D eigenvalue weighted by Gasteiger charge is 2.13. The van der Waals surface area contributed by atoms with Crippen LogP contribution in [-0.4, -0.2) is 27.3 Å². The van der Waals surface area contributed by atoms with E-state index in [2.05, 4.69) is 0 Å². The van der Waals surface area contributed by atoms with Crippen molar-refractivity contribution in [1.82, 2.24) is 0 Å². The maximum absolute atomic E-state index is 11.1. The second-order valence-electron chi connectivity index (χ2n) is 3.71. The zero-order chi connectivity index (χ0) is 13.0. The van der Waals surface area contributed by atoms with Crippen molar-refractivity contribution in [1.29, 1.82) is 0 Å². The first-order chi connectivity index (χ1) is 8.81. The summed E-state index contributed by atoms with van der Waals surface area (Å²) < 4.78 is 15.7. The molecule has 0 amide bonds. The Morgan fingerprint density at radius 3 is 2.50 bits per heavy atom. The van der Waals surface area contributed by atoms with E-state index in [-0.39, 0.29) is 6.79 Å². The molecular weight excluding hydrogens is 232 g/mol. The molecule has 2 aromatic rings. The number of rotatable bonds is 5. The summed E-state index contributed by atoms with van der Waals surface area (Å²) in [6.07, 6.45) is 0.810. The molecule has 0 aromatic heterocycles. The Kier molecular flexibility index (Phi) is 3.79. The van der Waals surface area contributed by atoms with Crippen LogP contribution in [-0.2, 0) is 4.74 Å². The van der Waals surface area contributed by atoms with Crippen LogP contribution < -0.4 is 9.47 Å². The van der Waals surface area contributed by atoms with Crippen LogP contribution in [0.3, 0.4) is 0 Å². The number of aldehydes is 1. The molecule has 18 heavy (non-hydrogen) atoms. The standard InChI is InChI=1S/C14H14O4/c1-16-9-18-14-12-6-4-3-5-11(12)10(8-15)7-13(14)17-2/h3-8H,9H2,1-2H3. The quantitative estimate of drug-likeness (QED) is 0.601. The Labute approximate surface area is 105 Å². The van der Waals surface area contributed by atoms with Crippen LogP contribution in [0.1, 0.15) is 10.4 Å². The van der Waals surface area contributed by atoms with Crippen molar-refractivity contribution < 1.29 is 19.0 Å². The van der Waals surface area contributed by atoms with Crippen LogP contribution in [0, 0.1) is 0 Å². The van der Waals surface area contributed by atoms with E-state index in [0.717, 1.165) is 17.1 Å². The van der Waals surface area contributed by atoms with Gasteiger partial charge >= 0.3 is 0 Å². The first-order valence-corrected chi connectivity index (χ1v) is 5.48. The third kappa shape index (κ3) is 2.15. The van der Waals surface area contributed by atoms with E-state index in [1.165, 1.54) is 0 Å². The summed E-state index contributed by atoms with van der Waals surface area (Å²) in [5.41, 5.74) is 0.576. The highest BCUT2D eigenvalue weighted by atomic mass is 16.7. The van der Waals surface area contributed by atoms with Gasteiger partial charge in [-0.1, -0.05) is 24.3 Å². The van der Waals surface area contributed by atoms with E-state index in [1.54, 1.807) is 20.3 Å². The van der Waals surface area contributed by atoms with Crippen LogP contribution in [0.15, 0.2) is 30.3 Å². The fourth-order valence-electron chi connectivity index (χ4n) is 1.87. The summed E-state index contributed by atoms with van der Waals surface area (Å²) >= 11 is 0. The number of hydrogen-bond acceptors (Lipinski definition) is 4. The molecule has 0 bridgehead atoms. The lowest BCUT2D eigenvalue weighted by Gasteiger charge is -2.14. The molecule has 0 saturated heterocycles. The highest BCUT2D eigenvalue weighted by molar-refractivity contribution is 6.02. The average Bonchev–Trinajstić information content (AvgIpc) is 2.44. The molecule has 0 unspecified atom stereocenters. The molecular formula is C14H14O4. The van der Waals surface area contributed by atoms with Gasteiger partial charge in [0, 0.05) is 18.1 Å².